The van der Waals surface area contributed by atoms with Crippen molar-refractivity contribution in [2.45, 2.75) is 13.5 Å². The number of urea groups is 1. The lowest BCUT2D eigenvalue weighted by Crippen LogP contribution is -2.48. The van der Waals surface area contributed by atoms with Gasteiger partial charge in [0.05, 0.1) is 28.5 Å². The minimum Gasteiger partial charge on any atom is -0.286 e. The number of para-hydroxylation sites is 1. The van der Waals surface area contributed by atoms with Gasteiger partial charge < -0.3 is 0 Å². The summed E-state index contributed by atoms with van der Waals surface area (Å²) in [5.74, 6) is 0.250. The molecule has 138 valence electrons. The lowest BCUT2D eigenvalue weighted by atomic mass is 10.2. The average Bonchev–Trinajstić information content (AvgIpc) is 2.54. The van der Waals surface area contributed by atoms with Gasteiger partial charge in [0.1, 0.15) is 5.82 Å². The number of benzene rings is 1. The lowest BCUT2D eigenvalue weighted by molar-refractivity contribution is 0.250. The molecule has 0 bridgehead atoms. The number of carbonyl (C=O) groups excluding carboxylic acids is 1. The van der Waals surface area contributed by atoms with E-state index in [2.05, 4.69) is 14.7 Å². The fourth-order valence-corrected chi connectivity index (χ4v) is 3.67. The first-order valence-electron chi connectivity index (χ1n) is 7.58. The Morgan fingerprint density at radius 1 is 1.27 bits per heavy atom. The van der Waals surface area contributed by atoms with Gasteiger partial charge in [0.15, 0.2) is 0 Å². The van der Waals surface area contributed by atoms with Crippen molar-refractivity contribution < 1.29 is 13.2 Å². The van der Waals surface area contributed by atoms with E-state index in [1.807, 2.05) is 0 Å². The summed E-state index contributed by atoms with van der Waals surface area (Å²) in [5, 5.41) is 0.697. The second kappa shape index (κ2) is 6.90. The number of aromatic nitrogens is 2. The van der Waals surface area contributed by atoms with E-state index in [0.29, 0.717) is 33.7 Å². The molecule has 11 heteroatoms. The Kier molecular flexibility index (Phi) is 4.96. The quantitative estimate of drug-likeness (QED) is 0.827. The molecule has 0 spiro atoms. The number of amides is 2. The zero-order chi connectivity index (χ0) is 19.1. The lowest BCUT2D eigenvalue weighted by Gasteiger charge is -2.36. The van der Waals surface area contributed by atoms with E-state index >= 15 is 0 Å². The SMILES string of the molecule is CCN1C(=O)N(c2c(Cl)cccc2Cl)Cc2cnc(NS(C)(=O)=O)nc21. The Bertz CT molecular complexity index is 963. The van der Waals surface area contributed by atoms with Crippen molar-refractivity contribution in [1.82, 2.24) is 9.97 Å². The van der Waals surface area contributed by atoms with Crippen LogP contribution in [0.2, 0.25) is 10.0 Å². The molecule has 0 aliphatic carbocycles. The summed E-state index contributed by atoms with van der Waals surface area (Å²) in [6, 6.07) is 4.63. The molecular formula is C15H15Cl2N5O3S. The third-order valence-electron chi connectivity index (χ3n) is 3.69. The van der Waals surface area contributed by atoms with Crippen LogP contribution < -0.4 is 14.5 Å². The number of sulfonamides is 1. The van der Waals surface area contributed by atoms with E-state index in [1.54, 1.807) is 25.1 Å². The molecule has 8 nitrogen and oxygen atoms in total. The Balaban J connectivity index is 2.06. The number of fused-ring (bicyclic) bond motifs is 1. The third kappa shape index (κ3) is 3.55. The van der Waals surface area contributed by atoms with E-state index in [4.69, 9.17) is 23.2 Å². The molecule has 0 fully saturated rings. The van der Waals surface area contributed by atoms with Crippen molar-refractivity contribution >= 4 is 56.7 Å². The number of hydrogen-bond acceptors (Lipinski definition) is 5. The van der Waals surface area contributed by atoms with E-state index < -0.39 is 10.0 Å². The summed E-state index contributed by atoms with van der Waals surface area (Å²) in [7, 11) is -3.53. The maximum Gasteiger partial charge on any atom is 0.330 e. The predicted molar refractivity (Wildman–Crippen MR) is 102 cm³/mol. The molecule has 0 atom stereocenters. The van der Waals surface area contributed by atoms with Crippen LogP contribution in [0.3, 0.4) is 0 Å². The highest BCUT2D eigenvalue weighted by molar-refractivity contribution is 7.91. The van der Waals surface area contributed by atoms with Crippen molar-refractivity contribution in [3.05, 3.63) is 40.0 Å². The molecule has 3 rings (SSSR count). The largest absolute Gasteiger partial charge is 0.330 e. The van der Waals surface area contributed by atoms with E-state index in [-0.39, 0.29) is 18.5 Å². The van der Waals surface area contributed by atoms with Gasteiger partial charge in [-0.15, -0.1) is 0 Å². The maximum atomic E-state index is 13.0. The topological polar surface area (TPSA) is 95.5 Å². The second-order valence-corrected chi connectivity index (χ2v) is 8.16. The normalized spacial score (nSPS) is 14.4. The van der Waals surface area contributed by atoms with Crippen LogP contribution in [0.25, 0.3) is 0 Å². The Morgan fingerprint density at radius 3 is 2.50 bits per heavy atom. The van der Waals surface area contributed by atoms with Gasteiger partial charge in [0, 0.05) is 18.3 Å². The van der Waals surface area contributed by atoms with Crippen LogP contribution in [0.15, 0.2) is 24.4 Å². The first kappa shape index (κ1) is 18.7. The van der Waals surface area contributed by atoms with Crippen LogP contribution in [0.4, 0.5) is 22.2 Å². The molecule has 0 saturated carbocycles. The standard InChI is InChI=1S/C15H15Cl2N5O3S/c1-3-21-13-9(7-18-14(19-13)20-26(2,24)25)8-22(15(21)23)12-10(16)5-4-6-11(12)17/h4-7H,3,8H2,1-2H3,(H,18,19,20). The van der Waals surface area contributed by atoms with Gasteiger partial charge in [0.2, 0.25) is 16.0 Å². The van der Waals surface area contributed by atoms with Crippen LogP contribution in [-0.4, -0.2) is 37.2 Å². The maximum absolute atomic E-state index is 13.0. The van der Waals surface area contributed by atoms with Crippen molar-refractivity contribution in [1.29, 1.82) is 0 Å². The molecule has 1 aliphatic heterocycles. The van der Waals surface area contributed by atoms with Crippen LogP contribution in [0.1, 0.15) is 12.5 Å². The van der Waals surface area contributed by atoms with Gasteiger partial charge in [-0.25, -0.2) is 18.2 Å². The molecule has 0 unspecified atom stereocenters. The molecule has 0 saturated heterocycles. The summed E-state index contributed by atoms with van der Waals surface area (Å²) in [4.78, 5) is 24.0. The molecule has 0 radical (unpaired) electrons. The van der Waals surface area contributed by atoms with Crippen molar-refractivity contribution in [3.8, 4) is 0 Å². The molecule has 1 aliphatic rings. The zero-order valence-corrected chi connectivity index (χ0v) is 16.2. The molecular weight excluding hydrogens is 401 g/mol. The summed E-state index contributed by atoms with van der Waals surface area (Å²) in [5.41, 5.74) is 1.05. The predicted octanol–water partition coefficient (Wildman–Crippen LogP) is 3.12. The summed E-state index contributed by atoms with van der Waals surface area (Å²) in [6.45, 7) is 2.26. The number of rotatable bonds is 4. The molecule has 26 heavy (non-hydrogen) atoms. The molecule has 1 aromatic heterocycles. The third-order valence-corrected chi connectivity index (χ3v) is 4.85. The zero-order valence-electron chi connectivity index (χ0n) is 13.9. The van der Waals surface area contributed by atoms with Crippen LogP contribution in [0, 0.1) is 0 Å². The highest BCUT2D eigenvalue weighted by Crippen LogP contribution is 2.38. The summed E-state index contributed by atoms with van der Waals surface area (Å²) in [6.07, 6.45) is 2.47. The first-order chi connectivity index (χ1) is 12.2. The van der Waals surface area contributed by atoms with Gasteiger partial charge in [0.25, 0.3) is 0 Å². The van der Waals surface area contributed by atoms with Gasteiger partial charge in [-0.2, -0.15) is 4.98 Å². The number of nitrogens with zero attached hydrogens (tertiary/aromatic N) is 4. The fourth-order valence-electron chi connectivity index (χ4n) is 2.64. The second-order valence-electron chi connectivity index (χ2n) is 5.60. The number of hydrogen-bond donors (Lipinski definition) is 1. The van der Waals surface area contributed by atoms with Crippen LogP contribution in [0.5, 0.6) is 0 Å². The highest BCUT2D eigenvalue weighted by Gasteiger charge is 2.34. The number of nitrogens with one attached hydrogen (secondary N) is 1. The number of halogens is 2. The highest BCUT2D eigenvalue weighted by atomic mass is 35.5. The van der Waals surface area contributed by atoms with Crippen molar-refractivity contribution in [2.75, 3.05) is 27.3 Å². The van der Waals surface area contributed by atoms with Gasteiger partial charge in [-0.1, -0.05) is 29.3 Å². The number of carbonyl (C=O) groups is 1. The van der Waals surface area contributed by atoms with Crippen LogP contribution in [-0.2, 0) is 16.6 Å². The molecule has 1 aromatic carbocycles. The first-order valence-corrected chi connectivity index (χ1v) is 10.2. The van der Waals surface area contributed by atoms with Crippen LogP contribution >= 0.6 is 23.2 Å². The monoisotopic (exact) mass is 415 g/mol. The van der Waals surface area contributed by atoms with E-state index in [0.717, 1.165) is 6.26 Å². The molecule has 1 N–H and O–H groups in total. The molecule has 2 aromatic rings. The Labute approximate surface area is 160 Å². The van der Waals surface area contributed by atoms with Crippen molar-refractivity contribution in [2.24, 2.45) is 0 Å². The molecule has 2 heterocycles. The van der Waals surface area contributed by atoms with Gasteiger partial charge in [-0.3, -0.25) is 14.5 Å². The Morgan fingerprint density at radius 2 is 1.92 bits per heavy atom. The smallest absolute Gasteiger partial charge is 0.286 e. The minimum absolute atomic E-state index is 0.0956. The van der Waals surface area contributed by atoms with Gasteiger partial charge in [-0.05, 0) is 19.1 Å². The van der Waals surface area contributed by atoms with E-state index in [1.165, 1.54) is 16.0 Å². The van der Waals surface area contributed by atoms with E-state index in [9.17, 15) is 13.2 Å². The Hall–Kier alpha value is -2.10. The van der Waals surface area contributed by atoms with Crippen molar-refractivity contribution in [3.63, 3.8) is 0 Å². The average molecular weight is 416 g/mol. The number of anilines is 3. The minimum atomic E-state index is -3.53. The summed E-state index contributed by atoms with van der Waals surface area (Å²) < 4.78 is 25.0. The fraction of sp³-hybridized carbons (Fsp3) is 0.267. The summed E-state index contributed by atoms with van der Waals surface area (Å²) >= 11 is 12.5. The molecule has 2 amide bonds. The van der Waals surface area contributed by atoms with Gasteiger partial charge >= 0.3 is 6.03 Å².